The molecule has 0 bridgehead atoms. The molecule has 0 saturated heterocycles. The molecule has 0 spiro atoms. The largest absolute Gasteiger partial charge is 0.381 e. The van der Waals surface area contributed by atoms with Crippen molar-refractivity contribution < 1.29 is 0 Å². The molecule has 0 aromatic heterocycles. The van der Waals surface area contributed by atoms with Crippen molar-refractivity contribution in [1.82, 2.24) is 0 Å². The van der Waals surface area contributed by atoms with Gasteiger partial charge in [0.1, 0.15) is 0 Å². The minimum absolute atomic E-state index is 0.720. The van der Waals surface area contributed by atoms with Crippen LogP contribution >= 0.6 is 43.5 Å². The van der Waals surface area contributed by atoms with Crippen LogP contribution in [0, 0.1) is 6.92 Å². The van der Waals surface area contributed by atoms with Crippen molar-refractivity contribution in [3.8, 4) is 0 Å². The van der Waals surface area contributed by atoms with Crippen LogP contribution in [0.2, 0.25) is 5.02 Å². The molecule has 2 aromatic rings. The molecule has 0 aliphatic heterocycles. The van der Waals surface area contributed by atoms with Crippen LogP contribution in [-0.4, -0.2) is 0 Å². The van der Waals surface area contributed by atoms with Crippen molar-refractivity contribution in [2.75, 3.05) is 5.32 Å². The number of benzene rings is 2. The van der Waals surface area contributed by atoms with Gasteiger partial charge in [0, 0.05) is 21.2 Å². The summed E-state index contributed by atoms with van der Waals surface area (Å²) in [7, 11) is 0. The van der Waals surface area contributed by atoms with Gasteiger partial charge in [0.2, 0.25) is 0 Å². The lowest BCUT2D eigenvalue weighted by atomic mass is 10.1. The molecule has 18 heavy (non-hydrogen) atoms. The second-order valence-electron chi connectivity index (χ2n) is 4.08. The normalized spacial score (nSPS) is 10.4. The summed E-state index contributed by atoms with van der Waals surface area (Å²) in [6.07, 6.45) is 0. The lowest BCUT2D eigenvalue weighted by Gasteiger charge is -2.09. The quantitative estimate of drug-likeness (QED) is 0.701. The van der Waals surface area contributed by atoms with Crippen molar-refractivity contribution in [1.29, 1.82) is 0 Å². The van der Waals surface area contributed by atoms with Gasteiger partial charge >= 0.3 is 0 Å². The summed E-state index contributed by atoms with van der Waals surface area (Å²) < 4.78 is 2.03. The van der Waals surface area contributed by atoms with Crippen LogP contribution in [0.1, 0.15) is 11.1 Å². The topological polar surface area (TPSA) is 12.0 Å². The summed E-state index contributed by atoms with van der Waals surface area (Å²) in [6, 6.07) is 12.2. The number of hydrogen-bond donors (Lipinski definition) is 1. The molecular weight excluding hydrogens is 377 g/mol. The average Bonchev–Trinajstić information content (AvgIpc) is 2.32. The summed E-state index contributed by atoms with van der Waals surface area (Å²) in [4.78, 5) is 0. The molecule has 94 valence electrons. The molecule has 0 unspecified atom stereocenters. The van der Waals surface area contributed by atoms with E-state index in [9.17, 15) is 0 Å². The van der Waals surface area contributed by atoms with Gasteiger partial charge in [0.05, 0.1) is 5.02 Å². The highest BCUT2D eigenvalue weighted by molar-refractivity contribution is 9.10. The van der Waals surface area contributed by atoms with E-state index >= 15 is 0 Å². The van der Waals surface area contributed by atoms with Gasteiger partial charge in [0.15, 0.2) is 0 Å². The Labute approximate surface area is 129 Å². The number of halogens is 3. The minimum atomic E-state index is 0.720. The molecule has 0 aliphatic carbocycles. The molecule has 0 fully saturated rings. The maximum atomic E-state index is 5.96. The Hall–Kier alpha value is -0.510. The summed E-state index contributed by atoms with van der Waals surface area (Å²) in [6.45, 7) is 2.85. The van der Waals surface area contributed by atoms with E-state index in [1.807, 2.05) is 18.2 Å². The van der Waals surface area contributed by atoms with Crippen molar-refractivity contribution in [3.63, 3.8) is 0 Å². The maximum Gasteiger partial charge on any atom is 0.0549 e. The van der Waals surface area contributed by atoms with E-state index in [0.717, 1.165) is 26.2 Å². The van der Waals surface area contributed by atoms with E-state index in [4.69, 9.17) is 11.6 Å². The highest BCUT2D eigenvalue weighted by Gasteiger charge is 2.02. The number of nitrogens with one attached hydrogen (secondary N) is 1. The molecule has 0 atom stereocenters. The van der Waals surface area contributed by atoms with Crippen molar-refractivity contribution in [2.45, 2.75) is 13.5 Å². The summed E-state index contributed by atoms with van der Waals surface area (Å²) in [5.74, 6) is 0. The van der Waals surface area contributed by atoms with Crippen LogP contribution in [-0.2, 0) is 6.54 Å². The first-order chi connectivity index (χ1) is 8.56. The van der Waals surface area contributed by atoms with Crippen LogP contribution in [0.4, 0.5) is 5.69 Å². The first-order valence-electron chi connectivity index (χ1n) is 5.50. The third-order valence-electron chi connectivity index (χ3n) is 2.61. The fourth-order valence-electron chi connectivity index (χ4n) is 1.60. The van der Waals surface area contributed by atoms with Gasteiger partial charge in [-0.15, -0.1) is 0 Å². The monoisotopic (exact) mass is 387 g/mol. The Kier molecular flexibility index (Phi) is 4.71. The van der Waals surface area contributed by atoms with E-state index in [0.29, 0.717) is 0 Å². The number of rotatable bonds is 3. The lowest BCUT2D eigenvalue weighted by Crippen LogP contribution is -2.00. The van der Waals surface area contributed by atoms with Gasteiger partial charge in [0.25, 0.3) is 0 Å². The minimum Gasteiger partial charge on any atom is -0.381 e. The Balaban J connectivity index is 2.09. The standard InChI is InChI=1S/C14H12Br2ClN/c1-9-2-3-10(12(15)6-9)8-18-11-4-5-14(17)13(16)7-11/h2-7,18H,8H2,1H3. The lowest BCUT2D eigenvalue weighted by molar-refractivity contribution is 1.13. The zero-order valence-electron chi connectivity index (χ0n) is 9.81. The van der Waals surface area contributed by atoms with Crippen LogP contribution in [0.3, 0.4) is 0 Å². The second kappa shape index (κ2) is 6.09. The molecule has 2 rings (SSSR count). The second-order valence-corrected chi connectivity index (χ2v) is 6.19. The molecule has 0 radical (unpaired) electrons. The van der Waals surface area contributed by atoms with Gasteiger partial charge in [-0.05, 0) is 58.2 Å². The van der Waals surface area contributed by atoms with Crippen molar-refractivity contribution in [2.24, 2.45) is 0 Å². The fraction of sp³-hybridized carbons (Fsp3) is 0.143. The maximum absolute atomic E-state index is 5.96. The van der Waals surface area contributed by atoms with Crippen molar-refractivity contribution >= 4 is 49.1 Å². The number of hydrogen-bond acceptors (Lipinski definition) is 1. The van der Waals surface area contributed by atoms with Crippen LogP contribution in [0.15, 0.2) is 45.3 Å². The average molecular weight is 390 g/mol. The predicted octanol–water partition coefficient (Wildman–Crippen LogP) is 5.79. The first-order valence-corrected chi connectivity index (χ1v) is 7.46. The highest BCUT2D eigenvalue weighted by Crippen LogP contribution is 2.26. The fourth-order valence-corrected chi connectivity index (χ4v) is 2.73. The Bertz CT molecular complexity index is 570. The molecule has 0 amide bonds. The van der Waals surface area contributed by atoms with E-state index in [2.05, 4.69) is 62.3 Å². The third kappa shape index (κ3) is 3.50. The van der Waals surface area contributed by atoms with Gasteiger partial charge in [-0.3, -0.25) is 0 Å². The summed E-state index contributed by atoms with van der Waals surface area (Å²) in [5, 5.41) is 4.09. The SMILES string of the molecule is Cc1ccc(CNc2ccc(Cl)c(Br)c2)c(Br)c1. The molecule has 1 nitrogen and oxygen atoms in total. The summed E-state index contributed by atoms with van der Waals surface area (Å²) >= 11 is 12.9. The van der Waals surface area contributed by atoms with E-state index < -0.39 is 0 Å². The zero-order valence-corrected chi connectivity index (χ0v) is 13.7. The van der Waals surface area contributed by atoms with Gasteiger partial charge in [-0.25, -0.2) is 0 Å². The van der Waals surface area contributed by atoms with E-state index in [1.165, 1.54) is 11.1 Å². The molecule has 0 aliphatic rings. The van der Waals surface area contributed by atoms with Gasteiger partial charge in [-0.1, -0.05) is 39.7 Å². The van der Waals surface area contributed by atoms with Crippen LogP contribution in [0.25, 0.3) is 0 Å². The number of anilines is 1. The molecule has 0 heterocycles. The summed E-state index contributed by atoms with van der Waals surface area (Å²) in [5.41, 5.74) is 3.52. The Morgan fingerprint density at radius 1 is 1.06 bits per heavy atom. The number of aryl methyl sites for hydroxylation is 1. The zero-order chi connectivity index (χ0) is 13.1. The van der Waals surface area contributed by atoms with Crippen LogP contribution in [0.5, 0.6) is 0 Å². The van der Waals surface area contributed by atoms with Crippen molar-refractivity contribution in [3.05, 3.63) is 61.5 Å². The van der Waals surface area contributed by atoms with Gasteiger partial charge in [-0.2, -0.15) is 0 Å². The molecular formula is C14H12Br2ClN. The Morgan fingerprint density at radius 3 is 2.50 bits per heavy atom. The molecule has 1 N–H and O–H groups in total. The van der Waals surface area contributed by atoms with E-state index in [-0.39, 0.29) is 0 Å². The van der Waals surface area contributed by atoms with E-state index in [1.54, 1.807) is 0 Å². The molecule has 0 saturated carbocycles. The Morgan fingerprint density at radius 2 is 1.83 bits per heavy atom. The molecule has 4 heteroatoms. The molecule has 2 aromatic carbocycles. The van der Waals surface area contributed by atoms with Gasteiger partial charge < -0.3 is 5.32 Å². The first kappa shape index (κ1) is 13.9. The van der Waals surface area contributed by atoms with Crippen LogP contribution < -0.4 is 5.32 Å². The predicted molar refractivity (Wildman–Crippen MR) is 85.4 cm³/mol. The third-order valence-corrected chi connectivity index (χ3v) is 4.56. The smallest absolute Gasteiger partial charge is 0.0549 e. The highest BCUT2D eigenvalue weighted by atomic mass is 79.9.